The van der Waals surface area contributed by atoms with Crippen LogP contribution in [0.5, 0.6) is 0 Å². The summed E-state index contributed by atoms with van der Waals surface area (Å²) < 4.78 is 0. The second-order valence-electron chi connectivity index (χ2n) is 4.14. The molecule has 1 heterocycles. The maximum absolute atomic E-state index is 11.4. The molecular formula is C13H22N4OS. The van der Waals surface area contributed by atoms with Gasteiger partial charge in [-0.25, -0.2) is 0 Å². The van der Waals surface area contributed by atoms with Crippen molar-refractivity contribution in [2.45, 2.75) is 26.8 Å². The Bertz CT molecular complexity index is 428. The van der Waals surface area contributed by atoms with Crippen LogP contribution in [-0.2, 0) is 11.3 Å². The molecule has 0 aliphatic rings. The van der Waals surface area contributed by atoms with Crippen LogP contribution < -0.4 is 16.0 Å². The lowest BCUT2D eigenvalue weighted by Crippen LogP contribution is -2.42. The van der Waals surface area contributed by atoms with E-state index >= 15 is 0 Å². The lowest BCUT2D eigenvalue weighted by molar-refractivity contribution is -0.120. The van der Waals surface area contributed by atoms with Crippen LogP contribution in [-0.4, -0.2) is 32.0 Å². The maximum Gasteiger partial charge on any atom is 0.239 e. The molecule has 0 spiro atoms. The van der Waals surface area contributed by atoms with E-state index in [1.54, 1.807) is 18.4 Å². The summed E-state index contributed by atoms with van der Waals surface area (Å²) in [5.41, 5.74) is 0. The summed E-state index contributed by atoms with van der Waals surface area (Å²) in [6, 6.07) is 4.18. The van der Waals surface area contributed by atoms with E-state index < -0.39 is 0 Å². The molecule has 0 aliphatic heterocycles. The lowest BCUT2D eigenvalue weighted by atomic mass is 10.4. The van der Waals surface area contributed by atoms with E-state index in [0.717, 1.165) is 13.0 Å². The quantitative estimate of drug-likeness (QED) is 0.543. The number of nitrogens with one attached hydrogen (secondary N) is 3. The van der Waals surface area contributed by atoms with Crippen LogP contribution in [0.25, 0.3) is 0 Å². The second kappa shape index (κ2) is 8.53. The highest BCUT2D eigenvalue weighted by Crippen LogP contribution is 2.14. The number of carbonyl (C=O) groups excluding carboxylic acids is 1. The SMILES string of the molecule is CCCNC(=O)CNC(=NC)NCc1ccc(C)s1. The maximum atomic E-state index is 11.4. The van der Waals surface area contributed by atoms with Gasteiger partial charge in [0, 0.05) is 23.3 Å². The third-order valence-electron chi connectivity index (χ3n) is 2.44. The van der Waals surface area contributed by atoms with Gasteiger partial charge in [0.2, 0.25) is 5.91 Å². The Hall–Kier alpha value is -1.56. The number of hydrogen-bond acceptors (Lipinski definition) is 3. The molecule has 1 rings (SSSR count). The molecule has 0 atom stereocenters. The molecule has 0 aliphatic carbocycles. The fraction of sp³-hybridized carbons (Fsp3) is 0.538. The fourth-order valence-corrected chi connectivity index (χ4v) is 2.29. The summed E-state index contributed by atoms with van der Waals surface area (Å²) in [7, 11) is 1.69. The Labute approximate surface area is 118 Å². The number of aliphatic imine (C=N–C) groups is 1. The zero-order chi connectivity index (χ0) is 14.1. The minimum absolute atomic E-state index is 0.0169. The van der Waals surface area contributed by atoms with Crippen molar-refractivity contribution in [1.82, 2.24) is 16.0 Å². The zero-order valence-electron chi connectivity index (χ0n) is 11.7. The lowest BCUT2D eigenvalue weighted by Gasteiger charge is -2.11. The van der Waals surface area contributed by atoms with Gasteiger partial charge >= 0.3 is 0 Å². The van der Waals surface area contributed by atoms with Crippen molar-refractivity contribution in [1.29, 1.82) is 0 Å². The Morgan fingerprint density at radius 2 is 2.11 bits per heavy atom. The molecule has 3 N–H and O–H groups in total. The number of amides is 1. The van der Waals surface area contributed by atoms with Crippen LogP contribution in [0.4, 0.5) is 0 Å². The number of nitrogens with zero attached hydrogens (tertiary/aromatic N) is 1. The topological polar surface area (TPSA) is 65.5 Å². The minimum atomic E-state index is -0.0169. The van der Waals surface area contributed by atoms with E-state index in [1.165, 1.54) is 9.75 Å². The molecule has 0 fully saturated rings. The van der Waals surface area contributed by atoms with Crippen molar-refractivity contribution >= 4 is 23.2 Å². The molecule has 0 unspecified atom stereocenters. The van der Waals surface area contributed by atoms with Gasteiger partial charge in [0.1, 0.15) is 0 Å². The van der Waals surface area contributed by atoms with Crippen LogP contribution in [0.2, 0.25) is 0 Å². The molecule has 0 radical (unpaired) electrons. The van der Waals surface area contributed by atoms with Gasteiger partial charge in [-0.1, -0.05) is 6.92 Å². The van der Waals surface area contributed by atoms with Crippen molar-refractivity contribution < 1.29 is 4.79 Å². The number of guanidine groups is 1. The molecule has 1 aromatic rings. The third-order valence-corrected chi connectivity index (χ3v) is 3.44. The average Bonchev–Trinajstić information content (AvgIpc) is 2.82. The highest BCUT2D eigenvalue weighted by molar-refractivity contribution is 7.11. The summed E-state index contributed by atoms with van der Waals surface area (Å²) in [6.45, 7) is 5.77. The van der Waals surface area contributed by atoms with Gasteiger partial charge in [-0.2, -0.15) is 0 Å². The molecule has 0 saturated heterocycles. The molecule has 1 aromatic heterocycles. The summed E-state index contributed by atoms with van der Waals surface area (Å²) in [6.07, 6.45) is 0.941. The highest BCUT2D eigenvalue weighted by atomic mass is 32.1. The van der Waals surface area contributed by atoms with Gasteiger partial charge in [0.15, 0.2) is 5.96 Å². The largest absolute Gasteiger partial charge is 0.355 e. The first-order valence-electron chi connectivity index (χ1n) is 6.42. The molecule has 106 valence electrons. The number of carbonyl (C=O) groups is 1. The van der Waals surface area contributed by atoms with Gasteiger partial charge in [0.25, 0.3) is 0 Å². The first-order valence-corrected chi connectivity index (χ1v) is 7.24. The number of aryl methyl sites for hydroxylation is 1. The summed E-state index contributed by atoms with van der Waals surface area (Å²) >= 11 is 1.75. The zero-order valence-corrected chi connectivity index (χ0v) is 12.6. The molecule has 5 nitrogen and oxygen atoms in total. The van der Waals surface area contributed by atoms with Gasteiger partial charge in [-0.05, 0) is 25.5 Å². The van der Waals surface area contributed by atoms with Gasteiger partial charge < -0.3 is 16.0 Å². The van der Waals surface area contributed by atoms with Crippen LogP contribution >= 0.6 is 11.3 Å². The third kappa shape index (κ3) is 6.24. The molecular weight excluding hydrogens is 260 g/mol. The van der Waals surface area contributed by atoms with E-state index in [2.05, 4.69) is 40.0 Å². The summed E-state index contributed by atoms with van der Waals surface area (Å²) in [5.74, 6) is 0.620. The van der Waals surface area contributed by atoms with Crippen LogP contribution in [0.1, 0.15) is 23.1 Å². The van der Waals surface area contributed by atoms with Crippen LogP contribution in [0.15, 0.2) is 17.1 Å². The van der Waals surface area contributed by atoms with E-state index in [1.807, 2.05) is 6.92 Å². The molecule has 0 saturated carbocycles. The molecule has 1 amide bonds. The molecule has 19 heavy (non-hydrogen) atoms. The summed E-state index contributed by atoms with van der Waals surface area (Å²) in [5, 5.41) is 8.97. The second-order valence-corrected chi connectivity index (χ2v) is 5.51. The van der Waals surface area contributed by atoms with E-state index in [0.29, 0.717) is 12.5 Å². The van der Waals surface area contributed by atoms with Crippen LogP contribution in [0, 0.1) is 6.92 Å². The van der Waals surface area contributed by atoms with Gasteiger partial charge in [0.05, 0.1) is 13.1 Å². The first-order chi connectivity index (χ1) is 9.15. The van der Waals surface area contributed by atoms with Crippen molar-refractivity contribution in [3.63, 3.8) is 0 Å². The van der Waals surface area contributed by atoms with Crippen molar-refractivity contribution in [3.8, 4) is 0 Å². The Balaban J connectivity index is 2.28. The Morgan fingerprint density at radius 3 is 2.68 bits per heavy atom. The van der Waals surface area contributed by atoms with Crippen molar-refractivity contribution in [2.75, 3.05) is 20.1 Å². The monoisotopic (exact) mass is 282 g/mol. The molecule has 6 heteroatoms. The predicted molar refractivity (Wildman–Crippen MR) is 80.6 cm³/mol. The van der Waals surface area contributed by atoms with Crippen molar-refractivity contribution in [2.24, 2.45) is 4.99 Å². The number of hydrogen-bond donors (Lipinski definition) is 3. The van der Waals surface area contributed by atoms with Crippen molar-refractivity contribution in [3.05, 3.63) is 21.9 Å². The van der Waals surface area contributed by atoms with Gasteiger partial charge in [-0.15, -0.1) is 11.3 Å². The normalized spacial score (nSPS) is 11.2. The van der Waals surface area contributed by atoms with Crippen LogP contribution in [0.3, 0.4) is 0 Å². The van der Waals surface area contributed by atoms with E-state index in [-0.39, 0.29) is 12.5 Å². The van der Waals surface area contributed by atoms with E-state index in [4.69, 9.17) is 0 Å². The number of rotatable bonds is 6. The predicted octanol–water partition coefficient (Wildman–Crippen LogP) is 1.25. The smallest absolute Gasteiger partial charge is 0.239 e. The Morgan fingerprint density at radius 1 is 1.32 bits per heavy atom. The highest BCUT2D eigenvalue weighted by Gasteiger charge is 2.03. The van der Waals surface area contributed by atoms with Gasteiger partial charge in [-0.3, -0.25) is 9.79 Å². The van der Waals surface area contributed by atoms with E-state index in [9.17, 15) is 4.79 Å². The fourth-order valence-electron chi connectivity index (χ4n) is 1.46. The average molecular weight is 282 g/mol. The number of thiophene rings is 1. The molecule has 0 aromatic carbocycles. The molecule has 0 bridgehead atoms. The minimum Gasteiger partial charge on any atom is -0.355 e. The Kier molecular flexibility index (Phi) is 6.95. The summed E-state index contributed by atoms with van der Waals surface area (Å²) in [4.78, 5) is 18.1. The first kappa shape index (κ1) is 15.5. The standard InChI is InChI=1S/C13H22N4OS/c1-4-7-15-12(18)9-17-13(14-3)16-8-11-6-5-10(2)19-11/h5-6H,4,7-9H2,1-3H3,(H,15,18)(H2,14,16,17).